The number of nitrogens with zero attached hydrogens (tertiary/aromatic N) is 2. The van der Waals surface area contributed by atoms with Crippen molar-refractivity contribution in [2.75, 3.05) is 13.7 Å². The van der Waals surface area contributed by atoms with Gasteiger partial charge in [-0.05, 0) is 25.3 Å². The Morgan fingerprint density at radius 3 is 2.91 bits per heavy atom. The molecule has 6 heteroatoms. The lowest BCUT2D eigenvalue weighted by Gasteiger charge is -2.33. The Morgan fingerprint density at radius 1 is 1.39 bits per heavy atom. The highest BCUT2D eigenvalue weighted by atomic mass is 32.2. The van der Waals surface area contributed by atoms with Crippen LogP contribution in [-0.4, -0.2) is 29.8 Å². The Hall–Kier alpha value is -2.21. The van der Waals surface area contributed by atoms with Crippen LogP contribution >= 0.6 is 11.8 Å². The van der Waals surface area contributed by atoms with Crippen LogP contribution in [0, 0.1) is 0 Å². The number of aliphatic imine (C=N–C) groups is 1. The van der Waals surface area contributed by atoms with Gasteiger partial charge in [-0.25, -0.2) is 9.79 Å². The predicted octanol–water partition coefficient (Wildman–Crippen LogP) is 3.46. The third kappa shape index (κ3) is 2.74. The molecule has 2 heterocycles. The molecule has 0 saturated carbocycles. The molecule has 23 heavy (non-hydrogen) atoms. The maximum atomic E-state index is 12.5. The lowest BCUT2D eigenvalue weighted by Crippen LogP contribution is -2.34. The molecule has 1 aromatic rings. The van der Waals surface area contributed by atoms with Crippen LogP contribution in [0.5, 0.6) is 5.75 Å². The molecule has 0 fully saturated rings. The number of benzene rings is 1. The number of hydrogen-bond donors (Lipinski definition) is 0. The third-order valence-electron chi connectivity index (χ3n) is 3.75. The normalized spacial score (nSPS) is 19.5. The second-order valence-corrected chi connectivity index (χ2v) is 5.94. The highest BCUT2D eigenvalue weighted by molar-refractivity contribution is 8.16. The lowest BCUT2D eigenvalue weighted by atomic mass is 9.94. The van der Waals surface area contributed by atoms with Crippen LogP contribution < -0.4 is 4.74 Å². The van der Waals surface area contributed by atoms with E-state index in [1.54, 1.807) is 14.0 Å². The first-order valence-corrected chi connectivity index (χ1v) is 8.26. The van der Waals surface area contributed by atoms with Gasteiger partial charge in [0.05, 0.1) is 31.0 Å². The molecule has 2 aliphatic rings. The smallest absolute Gasteiger partial charge is 0.338 e. The van der Waals surface area contributed by atoms with E-state index in [1.807, 2.05) is 47.7 Å². The summed E-state index contributed by atoms with van der Waals surface area (Å²) in [5.74, 6) is 0.396. The molecule has 0 unspecified atom stereocenters. The quantitative estimate of drug-likeness (QED) is 0.791. The summed E-state index contributed by atoms with van der Waals surface area (Å²) in [6.07, 6.45) is 1.94. The Bertz CT molecular complexity index is 724. The van der Waals surface area contributed by atoms with Crippen molar-refractivity contribution in [1.29, 1.82) is 0 Å². The summed E-state index contributed by atoms with van der Waals surface area (Å²) in [5.41, 5.74) is 2.14. The predicted molar refractivity (Wildman–Crippen MR) is 91.1 cm³/mol. The second kappa shape index (κ2) is 6.50. The summed E-state index contributed by atoms with van der Waals surface area (Å²) in [4.78, 5) is 19.1. The Morgan fingerprint density at radius 2 is 2.17 bits per heavy atom. The number of hydrogen-bond acceptors (Lipinski definition) is 6. The van der Waals surface area contributed by atoms with E-state index in [1.165, 1.54) is 11.8 Å². The summed E-state index contributed by atoms with van der Waals surface area (Å²) in [6.45, 7) is 3.97. The highest BCUT2D eigenvalue weighted by Crippen LogP contribution is 2.43. The van der Waals surface area contributed by atoms with E-state index in [-0.39, 0.29) is 12.0 Å². The third-order valence-corrected chi connectivity index (χ3v) is 4.52. The SMILES string of the molecule is CCOC(=O)C1=C(C)N=C2SC=CN2[C@@H]1c1ccccc1OC. The molecule has 5 nitrogen and oxygen atoms in total. The number of thioether (sulfide) groups is 1. The zero-order valence-electron chi connectivity index (χ0n) is 13.3. The largest absolute Gasteiger partial charge is 0.496 e. The van der Waals surface area contributed by atoms with Crippen molar-refractivity contribution in [3.8, 4) is 5.75 Å². The van der Waals surface area contributed by atoms with E-state index in [9.17, 15) is 4.79 Å². The zero-order valence-corrected chi connectivity index (χ0v) is 14.1. The maximum absolute atomic E-state index is 12.5. The average Bonchev–Trinajstić information content (AvgIpc) is 3.01. The minimum atomic E-state index is -0.339. The fourth-order valence-electron chi connectivity index (χ4n) is 2.77. The molecule has 0 saturated heterocycles. The van der Waals surface area contributed by atoms with Crippen molar-refractivity contribution in [2.45, 2.75) is 19.9 Å². The number of para-hydroxylation sites is 1. The van der Waals surface area contributed by atoms with Crippen LogP contribution in [0.1, 0.15) is 25.5 Å². The molecule has 0 aliphatic carbocycles. The van der Waals surface area contributed by atoms with Crippen molar-refractivity contribution >= 4 is 22.9 Å². The Balaban J connectivity index is 2.15. The highest BCUT2D eigenvalue weighted by Gasteiger charge is 2.38. The first-order chi connectivity index (χ1) is 11.2. The number of fused-ring (bicyclic) bond motifs is 1. The van der Waals surface area contributed by atoms with Crippen molar-refractivity contribution in [3.05, 3.63) is 52.7 Å². The van der Waals surface area contributed by atoms with Crippen LogP contribution in [0.3, 0.4) is 0 Å². The van der Waals surface area contributed by atoms with Gasteiger partial charge in [0.2, 0.25) is 0 Å². The van der Waals surface area contributed by atoms with Crippen molar-refractivity contribution in [3.63, 3.8) is 0 Å². The monoisotopic (exact) mass is 330 g/mol. The van der Waals surface area contributed by atoms with Gasteiger partial charge in [0.25, 0.3) is 0 Å². The maximum Gasteiger partial charge on any atom is 0.338 e. The van der Waals surface area contributed by atoms with Crippen LogP contribution in [-0.2, 0) is 9.53 Å². The Labute approximate surface area is 139 Å². The molecular weight excluding hydrogens is 312 g/mol. The summed E-state index contributed by atoms with van der Waals surface area (Å²) in [6, 6.07) is 7.41. The van der Waals surface area contributed by atoms with Crippen molar-refractivity contribution < 1.29 is 14.3 Å². The molecule has 1 atom stereocenters. The van der Waals surface area contributed by atoms with Gasteiger partial charge in [-0.15, -0.1) is 0 Å². The van der Waals surface area contributed by atoms with Gasteiger partial charge in [-0.1, -0.05) is 30.0 Å². The van der Waals surface area contributed by atoms with Gasteiger partial charge in [-0.2, -0.15) is 0 Å². The summed E-state index contributed by atoms with van der Waals surface area (Å²) in [7, 11) is 1.63. The number of rotatable bonds is 4. The van der Waals surface area contributed by atoms with Crippen molar-refractivity contribution in [2.24, 2.45) is 4.99 Å². The number of carbonyl (C=O) groups is 1. The molecule has 120 valence electrons. The van der Waals surface area contributed by atoms with Gasteiger partial charge < -0.3 is 14.4 Å². The molecule has 0 bridgehead atoms. The zero-order chi connectivity index (χ0) is 16.4. The molecule has 0 amide bonds. The standard InChI is InChI=1S/C17H18N2O3S/c1-4-22-16(20)14-11(2)18-17-19(9-10-23-17)15(14)12-7-5-6-8-13(12)21-3/h5-10,15H,4H2,1-3H3/t15-/m1/s1. The number of allylic oxidation sites excluding steroid dienone is 1. The van der Waals surface area contributed by atoms with E-state index in [0.717, 1.165) is 16.5 Å². The van der Waals surface area contributed by atoms with Crippen LogP contribution in [0.15, 0.2) is 52.1 Å². The summed E-state index contributed by atoms with van der Waals surface area (Å²) < 4.78 is 10.8. The summed E-state index contributed by atoms with van der Waals surface area (Å²) >= 11 is 1.54. The molecule has 2 aliphatic heterocycles. The van der Waals surface area contributed by atoms with E-state index >= 15 is 0 Å². The van der Waals surface area contributed by atoms with E-state index in [4.69, 9.17) is 9.47 Å². The van der Waals surface area contributed by atoms with Crippen molar-refractivity contribution in [1.82, 2.24) is 4.90 Å². The number of ether oxygens (including phenoxy) is 2. The minimum absolute atomic E-state index is 0.302. The number of esters is 1. The average molecular weight is 330 g/mol. The molecule has 1 aromatic carbocycles. The van der Waals surface area contributed by atoms with Gasteiger partial charge in [0.15, 0.2) is 5.17 Å². The number of carbonyl (C=O) groups excluding carboxylic acids is 1. The number of amidine groups is 1. The first-order valence-electron chi connectivity index (χ1n) is 7.38. The van der Waals surface area contributed by atoms with Gasteiger partial charge in [0.1, 0.15) is 5.75 Å². The van der Waals surface area contributed by atoms with Crippen LogP contribution in [0.25, 0.3) is 0 Å². The van der Waals surface area contributed by atoms with Gasteiger partial charge >= 0.3 is 5.97 Å². The van der Waals surface area contributed by atoms with E-state index in [2.05, 4.69) is 4.99 Å². The van der Waals surface area contributed by atoms with Crippen LogP contribution in [0.4, 0.5) is 0 Å². The molecule has 0 aromatic heterocycles. The fourth-order valence-corrected chi connectivity index (χ4v) is 3.56. The molecule has 3 rings (SSSR count). The topological polar surface area (TPSA) is 51.1 Å². The van der Waals surface area contributed by atoms with Gasteiger partial charge in [0, 0.05) is 11.8 Å². The van der Waals surface area contributed by atoms with E-state index < -0.39 is 0 Å². The molecule has 0 radical (unpaired) electrons. The molecule has 0 N–H and O–H groups in total. The number of methoxy groups -OCH3 is 1. The second-order valence-electron chi connectivity index (χ2n) is 5.07. The fraction of sp³-hybridized carbons (Fsp3) is 0.294. The lowest BCUT2D eigenvalue weighted by molar-refractivity contribution is -0.139. The van der Waals surface area contributed by atoms with Crippen LogP contribution in [0.2, 0.25) is 0 Å². The minimum Gasteiger partial charge on any atom is -0.496 e. The summed E-state index contributed by atoms with van der Waals surface area (Å²) in [5, 5.41) is 2.81. The van der Waals surface area contributed by atoms with E-state index in [0.29, 0.717) is 17.9 Å². The molecular formula is C17H18N2O3S. The van der Waals surface area contributed by atoms with Gasteiger partial charge in [-0.3, -0.25) is 0 Å². The Kier molecular flexibility index (Phi) is 4.43. The first kappa shape index (κ1) is 15.7. The molecule has 0 spiro atoms.